The lowest BCUT2D eigenvalue weighted by Gasteiger charge is -2.05. The minimum atomic E-state index is -1.10. The SMILES string of the molecule is O=C(O)c1ccc(O)c(C=NCCNC(=O)c2ccccc2O)c1. The van der Waals surface area contributed by atoms with Gasteiger partial charge >= 0.3 is 5.97 Å². The maximum atomic E-state index is 11.8. The molecule has 2 rings (SSSR count). The molecule has 2 aromatic carbocycles. The third-order valence-electron chi connectivity index (χ3n) is 3.18. The van der Waals surface area contributed by atoms with Crippen LogP contribution in [0.3, 0.4) is 0 Å². The van der Waals surface area contributed by atoms with Crippen LogP contribution < -0.4 is 5.32 Å². The zero-order valence-corrected chi connectivity index (χ0v) is 12.6. The van der Waals surface area contributed by atoms with Crippen molar-refractivity contribution >= 4 is 18.1 Å². The van der Waals surface area contributed by atoms with Gasteiger partial charge in [-0.2, -0.15) is 0 Å². The van der Waals surface area contributed by atoms with Gasteiger partial charge < -0.3 is 20.6 Å². The lowest BCUT2D eigenvalue weighted by atomic mass is 10.1. The van der Waals surface area contributed by atoms with Crippen molar-refractivity contribution in [3.05, 3.63) is 59.2 Å². The van der Waals surface area contributed by atoms with E-state index in [1.807, 2.05) is 0 Å². The highest BCUT2D eigenvalue weighted by molar-refractivity contribution is 5.96. The second kappa shape index (κ2) is 7.77. The van der Waals surface area contributed by atoms with Gasteiger partial charge in [0.1, 0.15) is 11.5 Å². The molecule has 7 nitrogen and oxygen atoms in total. The number of hydrogen-bond donors (Lipinski definition) is 4. The fourth-order valence-corrected chi connectivity index (χ4v) is 1.95. The zero-order chi connectivity index (χ0) is 17.5. The second-order valence-electron chi connectivity index (χ2n) is 4.89. The van der Waals surface area contributed by atoms with Gasteiger partial charge in [-0.15, -0.1) is 0 Å². The summed E-state index contributed by atoms with van der Waals surface area (Å²) in [4.78, 5) is 26.8. The summed E-state index contributed by atoms with van der Waals surface area (Å²) in [5.41, 5.74) is 0.498. The highest BCUT2D eigenvalue weighted by atomic mass is 16.4. The van der Waals surface area contributed by atoms with Gasteiger partial charge in [-0.05, 0) is 30.3 Å². The van der Waals surface area contributed by atoms with Crippen molar-refractivity contribution in [2.24, 2.45) is 4.99 Å². The Labute approximate surface area is 137 Å². The highest BCUT2D eigenvalue weighted by Gasteiger charge is 2.09. The number of carbonyl (C=O) groups excluding carboxylic acids is 1. The molecule has 0 aromatic heterocycles. The first-order valence-corrected chi connectivity index (χ1v) is 7.11. The summed E-state index contributed by atoms with van der Waals surface area (Å²) >= 11 is 0. The number of aromatic hydroxyl groups is 2. The monoisotopic (exact) mass is 328 g/mol. The van der Waals surface area contributed by atoms with Gasteiger partial charge in [-0.3, -0.25) is 9.79 Å². The topological polar surface area (TPSA) is 119 Å². The Balaban J connectivity index is 1.89. The predicted octanol–water partition coefficient (Wildman–Crippen LogP) is 1.64. The summed E-state index contributed by atoms with van der Waals surface area (Å²) in [6, 6.07) is 10.1. The Hall–Kier alpha value is -3.35. The maximum Gasteiger partial charge on any atom is 0.335 e. The number of amides is 1. The van der Waals surface area contributed by atoms with Crippen LogP contribution in [0.25, 0.3) is 0 Å². The van der Waals surface area contributed by atoms with E-state index in [2.05, 4.69) is 10.3 Å². The van der Waals surface area contributed by atoms with Crippen molar-refractivity contribution in [2.75, 3.05) is 13.1 Å². The third kappa shape index (κ3) is 4.33. The van der Waals surface area contributed by atoms with E-state index in [0.717, 1.165) is 0 Å². The molecule has 124 valence electrons. The number of nitrogens with one attached hydrogen (secondary N) is 1. The van der Waals surface area contributed by atoms with Crippen molar-refractivity contribution in [2.45, 2.75) is 0 Å². The van der Waals surface area contributed by atoms with Crippen LogP contribution in [0.4, 0.5) is 0 Å². The Morgan fingerprint density at radius 2 is 1.83 bits per heavy atom. The number of aliphatic imine (C=N–C) groups is 1. The molecule has 0 radical (unpaired) electrons. The second-order valence-corrected chi connectivity index (χ2v) is 4.89. The van der Waals surface area contributed by atoms with Crippen LogP contribution in [0.5, 0.6) is 11.5 Å². The van der Waals surface area contributed by atoms with Crippen molar-refractivity contribution in [1.29, 1.82) is 0 Å². The Kier molecular flexibility index (Phi) is 5.51. The number of carboxylic acids is 1. The highest BCUT2D eigenvalue weighted by Crippen LogP contribution is 2.17. The van der Waals surface area contributed by atoms with Crippen LogP contribution in [0.1, 0.15) is 26.3 Å². The van der Waals surface area contributed by atoms with E-state index in [9.17, 15) is 19.8 Å². The average molecular weight is 328 g/mol. The lowest BCUT2D eigenvalue weighted by Crippen LogP contribution is -2.26. The van der Waals surface area contributed by atoms with Gasteiger partial charge in [0.05, 0.1) is 17.7 Å². The first-order valence-electron chi connectivity index (χ1n) is 7.11. The van der Waals surface area contributed by atoms with E-state index in [4.69, 9.17) is 5.11 Å². The summed E-state index contributed by atoms with van der Waals surface area (Å²) in [6.07, 6.45) is 1.34. The molecule has 0 saturated heterocycles. The normalized spacial score (nSPS) is 10.7. The maximum absolute atomic E-state index is 11.8. The van der Waals surface area contributed by atoms with E-state index in [-0.39, 0.29) is 41.3 Å². The van der Waals surface area contributed by atoms with E-state index < -0.39 is 11.9 Å². The molecule has 4 N–H and O–H groups in total. The number of para-hydroxylation sites is 1. The van der Waals surface area contributed by atoms with Crippen molar-refractivity contribution in [1.82, 2.24) is 5.32 Å². The van der Waals surface area contributed by atoms with E-state index in [0.29, 0.717) is 0 Å². The van der Waals surface area contributed by atoms with E-state index in [1.54, 1.807) is 12.1 Å². The Morgan fingerprint density at radius 1 is 1.08 bits per heavy atom. The molecule has 0 atom stereocenters. The number of carboxylic acid groups (broad SMARTS) is 1. The standard InChI is InChI=1S/C17H16N2O5/c20-14-6-5-11(17(23)24)9-12(14)10-18-7-8-19-16(22)13-3-1-2-4-15(13)21/h1-6,9-10,20-21H,7-8H2,(H,19,22)(H,23,24). The molecule has 0 aliphatic heterocycles. The summed E-state index contributed by atoms with van der Waals surface area (Å²) < 4.78 is 0. The molecule has 0 bridgehead atoms. The smallest absolute Gasteiger partial charge is 0.335 e. The molecule has 7 heteroatoms. The van der Waals surface area contributed by atoms with E-state index in [1.165, 1.54) is 36.5 Å². The molecule has 0 aliphatic rings. The summed E-state index contributed by atoms with van der Waals surface area (Å²) in [7, 11) is 0. The number of aromatic carboxylic acids is 1. The molecule has 0 heterocycles. The van der Waals surface area contributed by atoms with Crippen LogP contribution in [-0.2, 0) is 0 Å². The van der Waals surface area contributed by atoms with Gasteiger partial charge in [0.25, 0.3) is 5.91 Å². The van der Waals surface area contributed by atoms with Crippen molar-refractivity contribution in [3.8, 4) is 11.5 Å². The number of hydrogen-bond acceptors (Lipinski definition) is 5. The number of rotatable bonds is 6. The van der Waals surface area contributed by atoms with Crippen LogP contribution in [-0.4, -0.2) is 46.5 Å². The fraction of sp³-hybridized carbons (Fsp3) is 0.118. The van der Waals surface area contributed by atoms with Crippen LogP contribution in [0, 0.1) is 0 Å². The zero-order valence-electron chi connectivity index (χ0n) is 12.6. The molecule has 0 spiro atoms. The predicted molar refractivity (Wildman–Crippen MR) is 88.0 cm³/mol. The summed E-state index contributed by atoms with van der Waals surface area (Å²) in [5, 5.41) is 30.7. The third-order valence-corrected chi connectivity index (χ3v) is 3.18. The van der Waals surface area contributed by atoms with Gasteiger partial charge in [0.2, 0.25) is 0 Å². The van der Waals surface area contributed by atoms with Crippen LogP contribution in [0.2, 0.25) is 0 Å². The minimum absolute atomic E-state index is 0.0436. The summed E-state index contributed by atoms with van der Waals surface area (Å²) in [5.74, 6) is -1.70. The van der Waals surface area contributed by atoms with Crippen LogP contribution >= 0.6 is 0 Å². The molecule has 24 heavy (non-hydrogen) atoms. The average Bonchev–Trinajstić information content (AvgIpc) is 2.56. The first kappa shape index (κ1) is 17.0. The largest absolute Gasteiger partial charge is 0.507 e. The van der Waals surface area contributed by atoms with Gasteiger partial charge in [-0.1, -0.05) is 12.1 Å². The molecular formula is C17H16N2O5. The fourth-order valence-electron chi connectivity index (χ4n) is 1.95. The quantitative estimate of drug-likeness (QED) is 0.475. The lowest BCUT2D eigenvalue weighted by molar-refractivity contribution is 0.0696. The Morgan fingerprint density at radius 3 is 2.54 bits per heavy atom. The van der Waals surface area contributed by atoms with Crippen molar-refractivity contribution < 1.29 is 24.9 Å². The first-order chi connectivity index (χ1) is 11.5. The van der Waals surface area contributed by atoms with Crippen molar-refractivity contribution in [3.63, 3.8) is 0 Å². The summed E-state index contributed by atoms with van der Waals surface area (Å²) in [6.45, 7) is 0.457. The molecule has 0 aliphatic carbocycles. The van der Waals surface area contributed by atoms with E-state index >= 15 is 0 Å². The molecule has 1 amide bonds. The molecule has 0 saturated carbocycles. The molecular weight excluding hydrogens is 312 g/mol. The minimum Gasteiger partial charge on any atom is -0.507 e. The van der Waals surface area contributed by atoms with Gasteiger partial charge in [0.15, 0.2) is 0 Å². The molecule has 2 aromatic rings. The number of benzene rings is 2. The number of carbonyl (C=O) groups is 2. The number of phenolic OH excluding ortho intramolecular Hbond substituents is 2. The number of phenols is 2. The van der Waals surface area contributed by atoms with Gasteiger partial charge in [-0.25, -0.2) is 4.79 Å². The Bertz CT molecular complexity index is 786. The molecule has 0 unspecified atom stereocenters. The van der Waals surface area contributed by atoms with Gasteiger partial charge in [0, 0.05) is 18.3 Å². The molecule has 0 fully saturated rings. The van der Waals surface area contributed by atoms with Crippen LogP contribution in [0.15, 0.2) is 47.5 Å². The number of nitrogens with zero attached hydrogens (tertiary/aromatic N) is 1.